The fourth-order valence-corrected chi connectivity index (χ4v) is 1.55. The van der Waals surface area contributed by atoms with Crippen molar-refractivity contribution in [3.63, 3.8) is 0 Å². The van der Waals surface area contributed by atoms with Crippen molar-refractivity contribution in [2.75, 3.05) is 0 Å². The van der Waals surface area contributed by atoms with Crippen LogP contribution in [-0.4, -0.2) is 13.6 Å². The summed E-state index contributed by atoms with van der Waals surface area (Å²) in [6.07, 6.45) is 17.1. The molecule has 0 amide bonds. The maximum Gasteiger partial charge on any atom is 0.106 e. The lowest BCUT2D eigenvalue weighted by molar-refractivity contribution is -0.0987. The van der Waals surface area contributed by atoms with Crippen molar-refractivity contribution in [1.82, 2.24) is 0 Å². The van der Waals surface area contributed by atoms with Crippen molar-refractivity contribution >= 4 is 13.6 Å². The lowest BCUT2D eigenvalue weighted by atomic mass is 9.99. The van der Waals surface area contributed by atoms with Crippen LogP contribution in [0.5, 0.6) is 0 Å². The molecule has 0 aromatic heterocycles. The van der Waals surface area contributed by atoms with E-state index in [0.717, 1.165) is 12.8 Å². The molecule has 0 unspecified atom stereocenters. The third kappa shape index (κ3) is 9.28. The quantitative estimate of drug-likeness (QED) is 0.688. The van der Waals surface area contributed by atoms with Crippen LogP contribution in [0.1, 0.15) is 25.7 Å². The first kappa shape index (κ1) is 18.4. The van der Waals surface area contributed by atoms with E-state index in [0.29, 0.717) is 0 Å². The van der Waals surface area contributed by atoms with Gasteiger partial charge in [-0.2, -0.15) is 0 Å². The topological polar surface area (TPSA) is 34.1 Å². The Morgan fingerprint density at radius 3 is 2.28 bits per heavy atom. The van der Waals surface area contributed by atoms with Gasteiger partial charge in [0, 0.05) is 0 Å². The smallest absolute Gasteiger partial charge is 0.106 e. The van der Waals surface area contributed by atoms with Crippen molar-refractivity contribution in [3.05, 3.63) is 60.8 Å². The lowest BCUT2D eigenvalue weighted by Gasteiger charge is -2.06. The summed E-state index contributed by atoms with van der Waals surface area (Å²) in [5.74, 6) is 0. The van der Waals surface area contributed by atoms with Crippen LogP contribution in [0, 0.1) is 0 Å². The molecule has 0 aliphatic heterocycles. The average molecular weight is 246 g/mol. The molecule has 2 heteroatoms. The van der Waals surface area contributed by atoms with Crippen molar-refractivity contribution in [2.24, 2.45) is 0 Å². The third-order valence-electron chi connectivity index (χ3n) is 2.37. The van der Waals surface area contributed by atoms with E-state index in [1.165, 1.54) is 24.0 Å². The van der Waals surface area contributed by atoms with Gasteiger partial charge >= 0.3 is 0 Å². The molecule has 0 atom stereocenters. The normalized spacial score (nSPS) is 13.1. The lowest BCUT2D eigenvalue weighted by Crippen LogP contribution is -1.87. The maximum absolute atomic E-state index is 8.00. The van der Waals surface area contributed by atoms with E-state index in [1.54, 1.807) is 0 Å². The van der Waals surface area contributed by atoms with Crippen molar-refractivity contribution < 1.29 is 9.59 Å². The van der Waals surface area contributed by atoms with E-state index in [2.05, 4.69) is 31.4 Å². The van der Waals surface area contributed by atoms with E-state index in [4.69, 9.17) is 9.59 Å². The minimum absolute atomic E-state index is 1.06. The highest BCUT2D eigenvalue weighted by molar-refractivity contribution is 5.26. The number of allylic oxidation sites excluding steroid dienone is 8. The molecule has 0 spiro atoms. The Morgan fingerprint density at radius 2 is 1.83 bits per heavy atom. The monoisotopic (exact) mass is 246 g/mol. The Bertz CT molecular complexity index is 320. The van der Waals surface area contributed by atoms with E-state index in [9.17, 15) is 0 Å². The van der Waals surface area contributed by atoms with Gasteiger partial charge < -0.3 is 9.59 Å². The third-order valence-corrected chi connectivity index (χ3v) is 2.37. The first-order valence-corrected chi connectivity index (χ1v) is 5.74. The van der Waals surface area contributed by atoms with E-state index < -0.39 is 0 Å². The molecule has 0 heterocycles. The van der Waals surface area contributed by atoms with Gasteiger partial charge in [0.05, 0.1) is 0 Å². The van der Waals surface area contributed by atoms with E-state index in [1.807, 2.05) is 31.8 Å². The molecule has 0 saturated heterocycles. The zero-order valence-electron chi connectivity index (χ0n) is 10.9. The second-order valence-electron chi connectivity index (χ2n) is 3.44. The Kier molecular flexibility index (Phi) is 15.4. The molecule has 1 rings (SSSR count). The van der Waals surface area contributed by atoms with Crippen LogP contribution in [0.25, 0.3) is 0 Å². The second-order valence-corrected chi connectivity index (χ2v) is 3.44. The molecule has 18 heavy (non-hydrogen) atoms. The number of rotatable bonds is 5. The molecule has 0 fully saturated rings. The molecular formula is C16H22O2. The summed E-state index contributed by atoms with van der Waals surface area (Å²) in [5.41, 5.74) is 2.72. The van der Waals surface area contributed by atoms with Crippen LogP contribution in [0.2, 0.25) is 0 Å². The van der Waals surface area contributed by atoms with Crippen LogP contribution in [0.4, 0.5) is 0 Å². The summed E-state index contributed by atoms with van der Waals surface area (Å²) in [6, 6.07) is 0. The Labute approximate surface area is 110 Å². The predicted molar refractivity (Wildman–Crippen MR) is 78.4 cm³/mol. The molecule has 0 saturated carbocycles. The average Bonchev–Trinajstić information content (AvgIpc) is 2.49. The highest BCUT2D eigenvalue weighted by atomic mass is 16.1. The molecular weight excluding hydrogens is 224 g/mol. The minimum Gasteiger partial charge on any atom is -0.307 e. The van der Waals surface area contributed by atoms with Crippen molar-refractivity contribution in [3.8, 4) is 0 Å². The number of carbonyl (C=O) groups is 2. The molecule has 0 aromatic carbocycles. The van der Waals surface area contributed by atoms with Gasteiger partial charge in [0.25, 0.3) is 0 Å². The van der Waals surface area contributed by atoms with Gasteiger partial charge in [-0.3, -0.25) is 0 Å². The molecule has 0 aromatic rings. The summed E-state index contributed by atoms with van der Waals surface area (Å²) in [6.45, 7) is 11.5. The maximum atomic E-state index is 8.00. The molecule has 0 N–H and O–H groups in total. The summed E-state index contributed by atoms with van der Waals surface area (Å²) in [7, 11) is 0. The van der Waals surface area contributed by atoms with E-state index in [-0.39, 0.29) is 0 Å². The van der Waals surface area contributed by atoms with Crippen LogP contribution in [0.15, 0.2) is 60.8 Å². The number of carbonyl (C=O) groups excluding carboxylic acids is 2. The first-order valence-electron chi connectivity index (χ1n) is 5.74. The molecule has 0 bridgehead atoms. The summed E-state index contributed by atoms with van der Waals surface area (Å²) < 4.78 is 0. The molecule has 1 aliphatic rings. The van der Waals surface area contributed by atoms with Crippen molar-refractivity contribution in [1.29, 1.82) is 0 Å². The van der Waals surface area contributed by atoms with Crippen LogP contribution in [-0.2, 0) is 9.59 Å². The zero-order chi connectivity index (χ0) is 14.2. The summed E-state index contributed by atoms with van der Waals surface area (Å²) in [4.78, 5) is 16.0. The van der Waals surface area contributed by atoms with Gasteiger partial charge in [-0.05, 0) is 31.3 Å². The highest BCUT2D eigenvalue weighted by Crippen LogP contribution is 2.18. The fourth-order valence-electron chi connectivity index (χ4n) is 1.55. The first-order chi connectivity index (χ1) is 8.86. The standard InChI is InChI=1S/C14H18.2CH2O/c1-3-8-13(4-2)11-12-14-9-6-5-7-10-14;2*1-2/h3-4,6,8-10H,1-2,5,7,11-12H2;2*1H2/b13-8+;;. The van der Waals surface area contributed by atoms with Crippen LogP contribution in [0.3, 0.4) is 0 Å². The molecule has 1 aliphatic carbocycles. The number of hydrogen-bond acceptors (Lipinski definition) is 2. The van der Waals surface area contributed by atoms with Gasteiger partial charge in [0.15, 0.2) is 0 Å². The van der Waals surface area contributed by atoms with E-state index >= 15 is 0 Å². The Balaban J connectivity index is 0. The minimum atomic E-state index is 1.06. The second kappa shape index (κ2) is 15.0. The fraction of sp³-hybridized carbons (Fsp3) is 0.250. The van der Waals surface area contributed by atoms with Gasteiger partial charge in [-0.1, -0.05) is 55.2 Å². The Hall–Kier alpha value is -1.96. The highest BCUT2D eigenvalue weighted by Gasteiger charge is 1.98. The Morgan fingerprint density at radius 1 is 1.17 bits per heavy atom. The van der Waals surface area contributed by atoms with Crippen LogP contribution >= 0.6 is 0 Å². The summed E-state index contributed by atoms with van der Waals surface area (Å²) >= 11 is 0. The van der Waals surface area contributed by atoms with Gasteiger partial charge in [0.1, 0.15) is 13.6 Å². The largest absolute Gasteiger partial charge is 0.307 e. The van der Waals surface area contributed by atoms with Crippen LogP contribution < -0.4 is 0 Å². The van der Waals surface area contributed by atoms with Gasteiger partial charge in [-0.15, -0.1) is 0 Å². The summed E-state index contributed by atoms with van der Waals surface area (Å²) in [5, 5.41) is 0. The van der Waals surface area contributed by atoms with Gasteiger partial charge in [0.2, 0.25) is 0 Å². The van der Waals surface area contributed by atoms with Crippen molar-refractivity contribution in [2.45, 2.75) is 25.7 Å². The molecule has 0 radical (unpaired) electrons. The molecule has 98 valence electrons. The zero-order valence-corrected chi connectivity index (χ0v) is 10.9. The predicted octanol–water partition coefficient (Wildman–Crippen LogP) is 3.97. The SMILES string of the molecule is C=C/C=C(\C=C)CCC1=CCCC=C1.C=O.C=O. The number of hydrogen-bond donors (Lipinski definition) is 0. The van der Waals surface area contributed by atoms with Gasteiger partial charge in [-0.25, -0.2) is 0 Å². The molecule has 2 nitrogen and oxygen atoms in total.